The smallest absolute Gasteiger partial charge is 0.0695 e. The Morgan fingerprint density at radius 3 is 2.62 bits per heavy atom. The fraction of sp³-hybridized carbons (Fsp3) is 1.00. The molecule has 2 heteroatoms. The van der Waals surface area contributed by atoms with Gasteiger partial charge in [0.2, 0.25) is 0 Å². The van der Waals surface area contributed by atoms with Crippen LogP contribution in [0.15, 0.2) is 0 Å². The minimum absolute atomic E-state index is 0.123. The molecule has 0 heterocycles. The first-order valence-electron chi connectivity index (χ1n) is 6.74. The van der Waals surface area contributed by atoms with E-state index in [4.69, 9.17) is 0 Å². The van der Waals surface area contributed by atoms with Gasteiger partial charge in [-0.2, -0.15) is 0 Å². The molecule has 0 radical (unpaired) electrons. The van der Waals surface area contributed by atoms with Gasteiger partial charge >= 0.3 is 0 Å². The fourth-order valence-corrected chi connectivity index (χ4v) is 2.74. The van der Waals surface area contributed by atoms with Gasteiger partial charge in [-0.3, -0.25) is 0 Å². The molecule has 0 spiro atoms. The lowest BCUT2D eigenvalue weighted by Crippen LogP contribution is -2.48. The number of aliphatic hydroxyl groups excluding tert-OH is 1. The second-order valence-electron chi connectivity index (χ2n) is 6.49. The van der Waals surface area contributed by atoms with Crippen molar-refractivity contribution in [2.75, 3.05) is 13.6 Å². The van der Waals surface area contributed by atoms with Crippen LogP contribution in [0.2, 0.25) is 0 Å². The molecule has 2 nitrogen and oxygen atoms in total. The van der Waals surface area contributed by atoms with E-state index >= 15 is 0 Å². The van der Waals surface area contributed by atoms with Crippen molar-refractivity contribution in [3.8, 4) is 0 Å². The highest BCUT2D eigenvalue weighted by molar-refractivity contribution is 4.90. The summed E-state index contributed by atoms with van der Waals surface area (Å²) in [6, 6.07) is 0.359. The summed E-state index contributed by atoms with van der Waals surface area (Å²) in [5.74, 6) is 0.724. The highest BCUT2D eigenvalue weighted by atomic mass is 16.3. The molecule has 1 fully saturated rings. The highest BCUT2D eigenvalue weighted by Crippen LogP contribution is 2.37. The van der Waals surface area contributed by atoms with Crippen molar-refractivity contribution >= 4 is 0 Å². The van der Waals surface area contributed by atoms with E-state index in [0.717, 1.165) is 31.7 Å². The maximum absolute atomic E-state index is 10.1. The van der Waals surface area contributed by atoms with Gasteiger partial charge in [0.15, 0.2) is 0 Å². The second-order valence-corrected chi connectivity index (χ2v) is 6.49. The highest BCUT2D eigenvalue weighted by Gasteiger charge is 2.36. The Morgan fingerprint density at radius 1 is 1.44 bits per heavy atom. The van der Waals surface area contributed by atoms with Crippen molar-refractivity contribution in [1.82, 2.24) is 4.90 Å². The molecule has 1 aliphatic carbocycles. The molecule has 0 bridgehead atoms. The van der Waals surface area contributed by atoms with Crippen LogP contribution in [0.3, 0.4) is 0 Å². The molecule has 1 saturated carbocycles. The van der Waals surface area contributed by atoms with E-state index in [1.807, 2.05) is 0 Å². The van der Waals surface area contributed by atoms with Crippen LogP contribution in [-0.4, -0.2) is 35.7 Å². The van der Waals surface area contributed by atoms with Crippen LogP contribution in [0.25, 0.3) is 0 Å². The normalized spacial score (nSPS) is 31.7. The topological polar surface area (TPSA) is 23.5 Å². The van der Waals surface area contributed by atoms with Gasteiger partial charge in [-0.05, 0) is 37.6 Å². The Hall–Kier alpha value is -0.0800. The second kappa shape index (κ2) is 5.50. The number of rotatable bonds is 4. The van der Waals surface area contributed by atoms with Crippen LogP contribution >= 0.6 is 0 Å². The van der Waals surface area contributed by atoms with Crippen molar-refractivity contribution in [2.24, 2.45) is 11.3 Å². The zero-order valence-electron chi connectivity index (χ0n) is 11.7. The first-order valence-corrected chi connectivity index (χ1v) is 6.74. The number of hydrogen-bond acceptors (Lipinski definition) is 2. The third-order valence-electron chi connectivity index (χ3n) is 4.19. The van der Waals surface area contributed by atoms with Crippen LogP contribution in [0.5, 0.6) is 0 Å². The number of likely N-dealkylation sites (N-methyl/N-ethyl adjacent to an activating group) is 1. The molecule has 1 rings (SSSR count). The average Bonchev–Trinajstić information content (AvgIpc) is 2.21. The molecule has 0 aromatic carbocycles. The first kappa shape index (κ1) is 14.0. The standard InChI is InChI=1S/C14H29NO/c1-6-11(2)10-15(5)12-9-14(3,4)8-7-13(12)16/h11-13,16H,6-10H2,1-5H3. The summed E-state index contributed by atoms with van der Waals surface area (Å²) in [4.78, 5) is 2.37. The zero-order chi connectivity index (χ0) is 12.3. The average molecular weight is 227 g/mol. The zero-order valence-corrected chi connectivity index (χ0v) is 11.7. The van der Waals surface area contributed by atoms with Crippen molar-refractivity contribution in [3.63, 3.8) is 0 Å². The molecular formula is C14H29NO. The molecule has 1 aliphatic rings. The van der Waals surface area contributed by atoms with E-state index < -0.39 is 0 Å². The third-order valence-corrected chi connectivity index (χ3v) is 4.19. The SMILES string of the molecule is CCC(C)CN(C)C1CC(C)(C)CCC1O. The van der Waals surface area contributed by atoms with Crippen LogP contribution in [0.4, 0.5) is 0 Å². The summed E-state index contributed by atoms with van der Waals surface area (Å²) in [5.41, 5.74) is 0.396. The largest absolute Gasteiger partial charge is 0.391 e. The van der Waals surface area contributed by atoms with Crippen molar-refractivity contribution in [2.45, 2.75) is 65.5 Å². The van der Waals surface area contributed by atoms with E-state index in [0.29, 0.717) is 11.5 Å². The fourth-order valence-electron chi connectivity index (χ4n) is 2.74. The molecule has 3 unspecified atom stereocenters. The number of aliphatic hydroxyl groups is 1. The van der Waals surface area contributed by atoms with Gasteiger partial charge in [-0.25, -0.2) is 0 Å². The van der Waals surface area contributed by atoms with Crippen molar-refractivity contribution in [3.05, 3.63) is 0 Å². The van der Waals surface area contributed by atoms with Gasteiger partial charge in [-0.15, -0.1) is 0 Å². The molecule has 0 aromatic heterocycles. The van der Waals surface area contributed by atoms with Crippen molar-refractivity contribution < 1.29 is 5.11 Å². The van der Waals surface area contributed by atoms with Crippen molar-refractivity contribution in [1.29, 1.82) is 0 Å². The Labute approximate surface area is 101 Å². The number of hydrogen-bond donors (Lipinski definition) is 1. The Balaban J connectivity index is 2.55. The van der Waals surface area contributed by atoms with E-state index in [9.17, 15) is 5.11 Å². The van der Waals surface area contributed by atoms with Crippen LogP contribution in [0.1, 0.15) is 53.4 Å². The van der Waals surface area contributed by atoms with E-state index in [1.165, 1.54) is 6.42 Å². The van der Waals surface area contributed by atoms with Gasteiger partial charge < -0.3 is 10.0 Å². The molecule has 0 aliphatic heterocycles. The maximum Gasteiger partial charge on any atom is 0.0695 e. The lowest BCUT2D eigenvalue weighted by atomic mass is 9.73. The monoisotopic (exact) mass is 227 g/mol. The van der Waals surface area contributed by atoms with Crippen LogP contribution < -0.4 is 0 Å². The molecular weight excluding hydrogens is 198 g/mol. The lowest BCUT2D eigenvalue weighted by Gasteiger charge is -2.43. The minimum Gasteiger partial charge on any atom is -0.391 e. The Bertz CT molecular complexity index is 215. The van der Waals surface area contributed by atoms with E-state index in [1.54, 1.807) is 0 Å². The Morgan fingerprint density at radius 2 is 2.06 bits per heavy atom. The van der Waals surface area contributed by atoms with Gasteiger partial charge in [0.25, 0.3) is 0 Å². The van der Waals surface area contributed by atoms with Gasteiger partial charge in [0, 0.05) is 12.6 Å². The predicted octanol–water partition coefficient (Wildman–Crippen LogP) is 2.90. The summed E-state index contributed by atoms with van der Waals surface area (Å²) < 4.78 is 0. The molecule has 16 heavy (non-hydrogen) atoms. The predicted molar refractivity (Wildman–Crippen MR) is 69.5 cm³/mol. The Kier molecular flexibility index (Phi) is 4.81. The van der Waals surface area contributed by atoms with Gasteiger partial charge in [-0.1, -0.05) is 34.1 Å². The molecule has 96 valence electrons. The third kappa shape index (κ3) is 3.74. The quantitative estimate of drug-likeness (QED) is 0.798. The summed E-state index contributed by atoms with van der Waals surface area (Å²) >= 11 is 0. The van der Waals surface area contributed by atoms with E-state index in [-0.39, 0.29) is 6.10 Å². The number of nitrogens with zero attached hydrogens (tertiary/aromatic N) is 1. The minimum atomic E-state index is -0.123. The summed E-state index contributed by atoms with van der Waals surface area (Å²) in [6.45, 7) is 10.3. The molecule has 0 aromatic rings. The first-order chi connectivity index (χ1) is 7.35. The summed E-state index contributed by atoms with van der Waals surface area (Å²) in [7, 11) is 2.17. The molecule has 0 saturated heterocycles. The maximum atomic E-state index is 10.1. The van der Waals surface area contributed by atoms with Gasteiger partial charge in [0.05, 0.1) is 6.10 Å². The summed E-state index contributed by atoms with van der Waals surface area (Å²) in [6.07, 6.45) is 4.34. The van der Waals surface area contributed by atoms with Gasteiger partial charge in [0.1, 0.15) is 0 Å². The summed E-state index contributed by atoms with van der Waals surface area (Å²) in [5, 5.41) is 10.1. The molecule has 0 amide bonds. The van der Waals surface area contributed by atoms with E-state index in [2.05, 4.69) is 39.6 Å². The molecule has 3 atom stereocenters. The molecule has 1 N–H and O–H groups in total. The van der Waals surface area contributed by atoms with Crippen LogP contribution in [-0.2, 0) is 0 Å². The van der Waals surface area contributed by atoms with Crippen LogP contribution in [0, 0.1) is 11.3 Å². The lowest BCUT2D eigenvalue weighted by molar-refractivity contribution is -0.0115.